The van der Waals surface area contributed by atoms with Gasteiger partial charge in [-0.3, -0.25) is 0 Å². The molecular weight excluding hydrogens is 252 g/mol. The van der Waals surface area contributed by atoms with Crippen molar-refractivity contribution in [3.63, 3.8) is 0 Å². The molecule has 0 aliphatic heterocycles. The summed E-state index contributed by atoms with van der Waals surface area (Å²) in [5.41, 5.74) is 0.652. The molecule has 96 valence electrons. The lowest BCUT2D eigenvalue weighted by molar-refractivity contribution is 0.378. The first-order valence-electron chi connectivity index (χ1n) is 6.24. The van der Waals surface area contributed by atoms with Gasteiger partial charge in [0.25, 0.3) is 0 Å². The lowest BCUT2D eigenvalue weighted by Crippen LogP contribution is -2.23. The molecule has 2 unspecified atom stereocenters. The fraction of sp³-hybridized carbons (Fsp3) is 0.636. The Labute approximate surface area is 110 Å². The highest BCUT2D eigenvalue weighted by molar-refractivity contribution is 6.20. The number of halogens is 1. The van der Waals surface area contributed by atoms with Crippen molar-refractivity contribution in [3.8, 4) is 0 Å². The molecule has 0 radical (unpaired) electrons. The number of anilines is 1. The van der Waals surface area contributed by atoms with Crippen LogP contribution in [-0.4, -0.2) is 37.2 Å². The molecule has 0 bridgehead atoms. The van der Waals surface area contributed by atoms with Gasteiger partial charge in [-0.15, -0.1) is 26.4 Å². The molecule has 0 saturated heterocycles. The molecule has 18 heavy (non-hydrogen) atoms. The highest BCUT2D eigenvalue weighted by atomic mass is 35.5. The fourth-order valence-corrected chi connectivity index (χ4v) is 2.81. The number of rotatable bonds is 3. The summed E-state index contributed by atoms with van der Waals surface area (Å²) >= 11 is 6.18. The predicted octanol–water partition coefficient (Wildman–Crippen LogP) is 1.73. The molecular formula is C11H15ClN6. The smallest absolute Gasteiger partial charge is 0.200 e. The lowest BCUT2D eigenvalue weighted by Gasteiger charge is -2.25. The van der Waals surface area contributed by atoms with E-state index in [2.05, 4.69) is 25.9 Å². The van der Waals surface area contributed by atoms with Crippen LogP contribution in [0.25, 0.3) is 5.65 Å². The van der Waals surface area contributed by atoms with Crippen LogP contribution in [0.2, 0.25) is 0 Å². The number of aromatic nitrogens is 5. The Bertz CT molecular complexity index is 527. The quantitative estimate of drug-likeness (QED) is 0.857. The minimum Gasteiger partial charge on any atom is -0.368 e. The molecule has 0 spiro atoms. The SMILES string of the molecule is ClC1CCCC(CNc2ccc3nnnn3n2)C1. The van der Waals surface area contributed by atoms with Gasteiger partial charge in [-0.2, -0.15) is 0 Å². The first kappa shape index (κ1) is 11.6. The van der Waals surface area contributed by atoms with E-state index >= 15 is 0 Å². The summed E-state index contributed by atoms with van der Waals surface area (Å²) in [6.07, 6.45) is 4.69. The Hall–Kier alpha value is -1.43. The summed E-state index contributed by atoms with van der Waals surface area (Å²) in [6.45, 7) is 0.907. The van der Waals surface area contributed by atoms with Crippen LogP contribution < -0.4 is 5.32 Å². The number of hydrogen-bond acceptors (Lipinski definition) is 5. The number of fused-ring (bicyclic) bond motifs is 1. The number of nitrogens with one attached hydrogen (secondary N) is 1. The van der Waals surface area contributed by atoms with Crippen LogP contribution in [0, 0.1) is 5.92 Å². The maximum atomic E-state index is 6.18. The maximum Gasteiger partial charge on any atom is 0.200 e. The molecule has 1 N–H and O–H groups in total. The molecule has 1 aliphatic carbocycles. The molecule has 1 saturated carbocycles. The van der Waals surface area contributed by atoms with Crippen molar-refractivity contribution >= 4 is 23.1 Å². The van der Waals surface area contributed by atoms with Crippen molar-refractivity contribution in [2.24, 2.45) is 5.92 Å². The van der Waals surface area contributed by atoms with Crippen molar-refractivity contribution in [1.29, 1.82) is 0 Å². The second kappa shape index (κ2) is 5.06. The van der Waals surface area contributed by atoms with E-state index in [-0.39, 0.29) is 0 Å². The highest BCUT2D eigenvalue weighted by Gasteiger charge is 2.20. The van der Waals surface area contributed by atoms with E-state index < -0.39 is 0 Å². The van der Waals surface area contributed by atoms with Gasteiger partial charge in [0, 0.05) is 11.9 Å². The van der Waals surface area contributed by atoms with Crippen LogP contribution in [-0.2, 0) is 0 Å². The monoisotopic (exact) mass is 266 g/mol. The van der Waals surface area contributed by atoms with Crippen LogP contribution in [0.5, 0.6) is 0 Å². The van der Waals surface area contributed by atoms with Gasteiger partial charge in [-0.25, -0.2) is 0 Å². The largest absolute Gasteiger partial charge is 0.368 e. The molecule has 2 heterocycles. The second-order valence-electron chi connectivity index (χ2n) is 4.76. The van der Waals surface area contributed by atoms with Gasteiger partial charge < -0.3 is 5.32 Å². The normalized spacial score (nSPS) is 24.3. The summed E-state index contributed by atoms with van der Waals surface area (Å²) in [4.78, 5) is 0. The molecule has 3 rings (SSSR count). The predicted molar refractivity (Wildman–Crippen MR) is 68.7 cm³/mol. The number of alkyl halides is 1. The zero-order chi connectivity index (χ0) is 12.4. The van der Waals surface area contributed by atoms with Gasteiger partial charge in [-0.1, -0.05) is 6.42 Å². The van der Waals surface area contributed by atoms with Gasteiger partial charge in [-0.05, 0) is 47.7 Å². The van der Waals surface area contributed by atoms with Crippen molar-refractivity contribution in [3.05, 3.63) is 12.1 Å². The summed E-state index contributed by atoms with van der Waals surface area (Å²) in [6, 6.07) is 3.74. The topological polar surface area (TPSA) is 68.0 Å². The number of nitrogens with zero attached hydrogens (tertiary/aromatic N) is 5. The Morgan fingerprint density at radius 1 is 1.39 bits per heavy atom. The lowest BCUT2D eigenvalue weighted by atomic mass is 9.89. The Morgan fingerprint density at radius 2 is 2.33 bits per heavy atom. The zero-order valence-electron chi connectivity index (χ0n) is 9.96. The third kappa shape index (κ3) is 2.53. The molecule has 1 fully saturated rings. The van der Waals surface area contributed by atoms with E-state index in [1.54, 1.807) is 0 Å². The number of tetrazole rings is 1. The summed E-state index contributed by atoms with van der Waals surface area (Å²) < 4.78 is 1.42. The Morgan fingerprint density at radius 3 is 3.22 bits per heavy atom. The van der Waals surface area contributed by atoms with Gasteiger partial charge >= 0.3 is 0 Å². The molecule has 2 atom stereocenters. The van der Waals surface area contributed by atoms with Gasteiger partial charge in [0.05, 0.1) is 0 Å². The van der Waals surface area contributed by atoms with E-state index in [0.29, 0.717) is 16.9 Å². The summed E-state index contributed by atoms with van der Waals surface area (Å²) in [5, 5.41) is 19.1. The summed E-state index contributed by atoms with van der Waals surface area (Å²) in [5.74, 6) is 1.43. The van der Waals surface area contributed by atoms with E-state index in [4.69, 9.17) is 11.6 Å². The minimum absolute atomic E-state index is 0.334. The fourth-order valence-electron chi connectivity index (χ4n) is 2.40. The van der Waals surface area contributed by atoms with Crippen LogP contribution in [0.3, 0.4) is 0 Å². The maximum absolute atomic E-state index is 6.18. The van der Waals surface area contributed by atoms with Crippen LogP contribution >= 0.6 is 11.6 Å². The van der Waals surface area contributed by atoms with Crippen molar-refractivity contribution < 1.29 is 0 Å². The van der Waals surface area contributed by atoms with Gasteiger partial charge in [0.15, 0.2) is 5.65 Å². The van der Waals surface area contributed by atoms with Crippen molar-refractivity contribution in [2.75, 3.05) is 11.9 Å². The van der Waals surface area contributed by atoms with Crippen LogP contribution in [0.15, 0.2) is 12.1 Å². The second-order valence-corrected chi connectivity index (χ2v) is 5.37. The van der Waals surface area contributed by atoms with Crippen LogP contribution in [0.4, 0.5) is 5.82 Å². The molecule has 0 amide bonds. The third-order valence-corrected chi connectivity index (χ3v) is 3.76. The third-order valence-electron chi connectivity index (χ3n) is 3.36. The highest BCUT2D eigenvalue weighted by Crippen LogP contribution is 2.27. The first-order valence-corrected chi connectivity index (χ1v) is 6.68. The molecule has 7 heteroatoms. The molecule has 6 nitrogen and oxygen atoms in total. The molecule has 2 aromatic heterocycles. The standard InChI is InChI=1S/C11H15ClN6/c12-9-3-1-2-8(6-9)7-13-10-4-5-11-14-16-17-18(11)15-10/h4-5,8-9H,1-3,6-7H2,(H,13,15). The van der Waals surface area contributed by atoms with Gasteiger partial charge in [0.1, 0.15) is 5.82 Å². The van der Waals surface area contributed by atoms with E-state index in [1.165, 1.54) is 17.5 Å². The first-order chi connectivity index (χ1) is 8.81. The average molecular weight is 267 g/mol. The van der Waals surface area contributed by atoms with E-state index in [0.717, 1.165) is 25.2 Å². The number of hydrogen-bond donors (Lipinski definition) is 1. The van der Waals surface area contributed by atoms with Gasteiger partial charge in [0.2, 0.25) is 0 Å². The van der Waals surface area contributed by atoms with Crippen molar-refractivity contribution in [1.82, 2.24) is 25.3 Å². The molecule has 0 aromatic carbocycles. The minimum atomic E-state index is 0.334. The Kier molecular flexibility index (Phi) is 3.27. The van der Waals surface area contributed by atoms with Crippen molar-refractivity contribution in [2.45, 2.75) is 31.1 Å². The zero-order valence-corrected chi connectivity index (χ0v) is 10.7. The summed E-state index contributed by atoms with van der Waals surface area (Å²) in [7, 11) is 0. The van der Waals surface area contributed by atoms with E-state index in [1.807, 2.05) is 12.1 Å². The van der Waals surface area contributed by atoms with Crippen LogP contribution in [0.1, 0.15) is 25.7 Å². The average Bonchev–Trinajstić information content (AvgIpc) is 2.84. The van der Waals surface area contributed by atoms with E-state index in [9.17, 15) is 0 Å². The molecule has 1 aliphatic rings. The Balaban J connectivity index is 1.61. The molecule has 2 aromatic rings.